The molecule has 0 bridgehead atoms. The number of nitrogens with one attached hydrogen (secondary N) is 1. The van der Waals surface area contributed by atoms with E-state index in [9.17, 15) is 18.0 Å². The van der Waals surface area contributed by atoms with Gasteiger partial charge in [0, 0.05) is 13.1 Å². The molecule has 1 fully saturated rings. The second-order valence-corrected chi connectivity index (χ2v) is 7.84. The van der Waals surface area contributed by atoms with Crippen molar-refractivity contribution in [1.82, 2.24) is 10.2 Å². The molecule has 0 spiro atoms. The van der Waals surface area contributed by atoms with E-state index in [1.165, 1.54) is 14.2 Å². The summed E-state index contributed by atoms with van der Waals surface area (Å²) in [6, 6.07) is 13.7. The average molecular weight is 436 g/mol. The molecule has 1 aliphatic heterocycles. The van der Waals surface area contributed by atoms with Gasteiger partial charge < -0.3 is 14.8 Å². The third kappa shape index (κ3) is 4.79. The molecular formula is C23H27F3N2O3. The van der Waals surface area contributed by atoms with Crippen LogP contribution >= 0.6 is 0 Å². The predicted octanol–water partition coefficient (Wildman–Crippen LogP) is 4.34. The third-order valence-electron chi connectivity index (χ3n) is 5.83. The van der Waals surface area contributed by atoms with E-state index in [-0.39, 0.29) is 19.5 Å². The van der Waals surface area contributed by atoms with E-state index in [0.29, 0.717) is 23.6 Å². The van der Waals surface area contributed by atoms with Crippen LogP contribution < -0.4 is 14.8 Å². The Balaban J connectivity index is 1.76. The SMILES string of the molecule is COc1ccc(C(C)NC(=O)C2(C(F)(F)F)CCN(Cc3ccccc3)C2)cc1OC. The lowest BCUT2D eigenvalue weighted by atomic mass is 9.84. The number of hydrogen-bond donors (Lipinski definition) is 1. The highest BCUT2D eigenvalue weighted by atomic mass is 19.4. The fourth-order valence-corrected chi connectivity index (χ4v) is 3.95. The lowest BCUT2D eigenvalue weighted by Gasteiger charge is -2.32. The van der Waals surface area contributed by atoms with Crippen LogP contribution in [0.5, 0.6) is 11.5 Å². The number of benzene rings is 2. The van der Waals surface area contributed by atoms with Crippen molar-refractivity contribution in [2.75, 3.05) is 27.3 Å². The Hall–Kier alpha value is -2.74. The van der Waals surface area contributed by atoms with Crippen LogP contribution in [-0.4, -0.2) is 44.3 Å². The molecule has 1 saturated heterocycles. The predicted molar refractivity (Wildman–Crippen MR) is 111 cm³/mol. The quantitative estimate of drug-likeness (QED) is 0.702. The zero-order valence-corrected chi connectivity index (χ0v) is 17.8. The summed E-state index contributed by atoms with van der Waals surface area (Å²) in [6.45, 7) is 1.86. The molecule has 2 atom stereocenters. The van der Waals surface area contributed by atoms with Crippen LogP contribution in [0.4, 0.5) is 13.2 Å². The van der Waals surface area contributed by atoms with Crippen molar-refractivity contribution in [2.45, 2.75) is 32.1 Å². The molecule has 2 aromatic carbocycles. The number of nitrogens with zero attached hydrogens (tertiary/aromatic N) is 1. The molecule has 31 heavy (non-hydrogen) atoms. The van der Waals surface area contributed by atoms with E-state index in [2.05, 4.69) is 5.32 Å². The highest BCUT2D eigenvalue weighted by Gasteiger charge is 2.63. The van der Waals surface area contributed by atoms with Gasteiger partial charge in [0.05, 0.1) is 20.3 Å². The van der Waals surface area contributed by atoms with E-state index in [0.717, 1.165) is 5.56 Å². The van der Waals surface area contributed by atoms with E-state index in [1.807, 2.05) is 30.3 Å². The minimum atomic E-state index is -4.65. The fraction of sp³-hybridized carbons (Fsp3) is 0.435. The first kappa shape index (κ1) is 22.9. The largest absolute Gasteiger partial charge is 0.493 e. The van der Waals surface area contributed by atoms with Gasteiger partial charge >= 0.3 is 6.18 Å². The first-order valence-electron chi connectivity index (χ1n) is 10.1. The second-order valence-electron chi connectivity index (χ2n) is 7.84. The Labute approximate surface area is 180 Å². The van der Waals surface area contributed by atoms with Gasteiger partial charge in [-0.3, -0.25) is 9.69 Å². The number of likely N-dealkylation sites (tertiary alicyclic amines) is 1. The number of hydrogen-bond acceptors (Lipinski definition) is 4. The zero-order valence-electron chi connectivity index (χ0n) is 17.8. The van der Waals surface area contributed by atoms with Gasteiger partial charge in [0.15, 0.2) is 16.9 Å². The Bertz CT molecular complexity index is 905. The van der Waals surface area contributed by atoms with Gasteiger partial charge in [-0.25, -0.2) is 0 Å². The van der Waals surface area contributed by atoms with E-state index in [4.69, 9.17) is 9.47 Å². The molecular weight excluding hydrogens is 409 g/mol. The lowest BCUT2D eigenvalue weighted by Crippen LogP contribution is -2.52. The standard InChI is InChI=1S/C23H27F3N2O3/c1-16(18-9-10-19(30-2)20(13-18)31-3)27-21(29)22(23(24,25)26)11-12-28(15-22)14-17-7-5-4-6-8-17/h4-10,13,16H,11-12,14-15H2,1-3H3,(H,27,29). The Kier molecular flexibility index (Phi) is 6.79. The molecule has 168 valence electrons. The summed E-state index contributed by atoms with van der Waals surface area (Å²) in [6.07, 6.45) is -4.92. The van der Waals surface area contributed by atoms with Gasteiger partial charge in [-0.15, -0.1) is 0 Å². The van der Waals surface area contributed by atoms with Crippen LogP contribution in [0.1, 0.15) is 30.5 Å². The van der Waals surface area contributed by atoms with Gasteiger partial charge in [-0.05, 0) is 43.1 Å². The maximum Gasteiger partial charge on any atom is 0.404 e. The number of methoxy groups -OCH3 is 2. The summed E-state index contributed by atoms with van der Waals surface area (Å²) in [4.78, 5) is 14.6. The second kappa shape index (κ2) is 9.18. The van der Waals surface area contributed by atoms with Gasteiger partial charge in [-0.2, -0.15) is 13.2 Å². The van der Waals surface area contributed by atoms with Crippen molar-refractivity contribution in [2.24, 2.45) is 5.41 Å². The van der Waals surface area contributed by atoms with E-state index >= 15 is 0 Å². The molecule has 0 aliphatic carbocycles. The molecule has 1 N–H and O–H groups in total. The molecule has 8 heteroatoms. The van der Waals surface area contributed by atoms with Crippen LogP contribution in [0.2, 0.25) is 0 Å². The number of alkyl halides is 3. The van der Waals surface area contributed by atoms with Crippen molar-refractivity contribution in [3.05, 3.63) is 59.7 Å². The van der Waals surface area contributed by atoms with Crippen LogP contribution in [0.25, 0.3) is 0 Å². The van der Waals surface area contributed by atoms with Crippen LogP contribution in [0, 0.1) is 5.41 Å². The van der Waals surface area contributed by atoms with Crippen molar-refractivity contribution < 1.29 is 27.4 Å². The highest BCUT2D eigenvalue weighted by molar-refractivity contribution is 5.84. The topological polar surface area (TPSA) is 50.8 Å². The maximum atomic E-state index is 14.1. The summed E-state index contributed by atoms with van der Waals surface area (Å²) >= 11 is 0. The number of carbonyl (C=O) groups excluding carboxylic acids is 1. The molecule has 5 nitrogen and oxygen atoms in total. The third-order valence-corrected chi connectivity index (χ3v) is 5.83. The zero-order chi connectivity index (χ0) is 22.6. The number of halogens is 3. The molecule has 0 radical (unpaired) electrons. The molecule has 0 aromatic heterocycles. The molecule has 0 saturated carbocycles. The van der Waals surface area contributed by atoms with Crippen LogP contribution in [0.3, 0.4) is 0 Å². The summed E-state index contributed by atoms with van der Waals surface area (Å²) in [7, 11) is 2.97. The number of rotatable bonds is 7. The molecule has 1 heterocycles. The first-order valence-corrected chi connectivity index (χ1v) is 10.1. The van der Waals surface area contributed by atoms with Crippen LogP contribution in [0.15, 0.2) is 48.5 Å². The number of ether oxygens (including phenoxy) is 2. The molecule has 3 rings (SSSR count). The molecule has 1 aliphatic rings. The smallest absolute Gasteiger partial charge is 0.404 e. The van der Waals surface area contributed by atoms with Crippen molar-refractivity contribution >= 4 is 5.91 Å². The molecule has 1 amide bonds. The maximum absolute atomic E-state index is 14.1. The van der Waals surface area contributed by atoms with E-state index < -0.39 is 23.5 Å². The number of amides is 1. The molecule has 2 unspecified atom stereocenters. The van der Waals surface area contributed by atoms with Gasteiger partial charge in [0.2, 0.25) is 5.91 Å². The summed E-state index contributed by atoms with van der Waals surface area (Å²) in [5.74, 6) is -0.0525. The Morgan fingerprint density at radius 2 is 1.81 bits per heavy atom. The fourth-order valence-electron chi connectivity index (χ4n) is 3.95. The summed E-state index contributed by atoms with van der Waals surface area (Å²) < 4.78 is 52.8. The van der Waals surface area contributed by atoms with Crippen molar-refractivity contribution in [1.29, 1.82) is 0 Å². The van der Waals surface area contributed by atoms with Gasteiger partial charge in [0.25, 0.3) is 0 Å². The van der Waals surface area contributed by atoms with Crippen LogP contribution in [-0.2, 0) is 11.3 Å². The molecule has 2 aromatic rings. The summed E-state index contributed by atoms with van der Waals surface area (Å²) in [5, 5.41) is 2.58. The number of carbonyl (C=O) groups is 1. The van der Waals surface area contributed by atoms with E-state index in [1.54, 1.807) is 30.0 Å². The minimum absolute atomic E-state index is 0.201. The average Bonchev–Trinajstić information content (AvgIpc) is 3.19. The highest BCUT2D eigenvalue weighted by Crippen LogP contribution is 2.46. The van der Waals surface area contributed by atoms with Gasteiger partial charge in [0.1, 0.15) is 0 Å². The van der Waals surface area contributed by atoms with Crippen molar-refractivity contribution in [3.63, 3.8) is 0 Å². The normalized spacial score (nSPS) is 20.3. The monoisotopic (exact) mass is 436 g/mol. The Morgan fingerprint density at radius 3 is 2.42 bits per heavy atom. The minimum Gasteiger partial charge on any atom is -0.493 e. The van der Waals surface area contributed by atoms with Crippen molar-refractivity contribution in [3.8, 4) is 11.5 Å². The lowest BCUT2D eigenvalue weighted by molar-refractivity contribution is -0.218. The summed E-state index contributed by atoms with van der Waals surface area (Å²) in [5.41, 5.74) is -0.894. The first-order chi connectivity index (χ1) is 14.7. The Morgan fingerprint density at radius 1 is 1.13 bits per heavy atom. The van der Waals surface area contributed by atoms with Gasteiger partial charge in [-0.1, -0.05) is 36.4 Å².